The molecular formula is C21H18N2O2. The first-order chi connectivity index (χ1) is 12.2. The number of hydrogen-bond donors (Lipinski definition) is 1. The van der Waals surface area contributed by atoms with Gasteiger partial charge in [-0.2, -0.15) is 5.10 Å². The first-order valence-corrected chi connectivity index (χ1v) is 7.95. The number of furan rings is 1. The molecule has 0 radical (unpaired) electrons. The zero-order valence-corrected chi connectivity index (χ0v) is 13.8. The van der Waals surface area contributed by atoms with E-state index >= 15 is 0 Å². The third-order valence-electron chi connectivity index (χ3n) is 3.68. The monoisotopic (exact) mass is 330 g/mol. The number of nitrogens with one attached hydrogen (secondary N) is 1. The Bertz CT molecular complexity index is 894. The van der Waals surface area contributed by atoms with E-state index in [0.29, 0.717) is 17.0 Å². The van der Waals surface area contributed by atoms with E-state index in [9.17, 15) is 4.79 Å². The van der Waals surface area contributed by atoms with Gasteiger partial charge in [0.25, 0.3) is 5.91 Å². The third kappa shape index (κ3) is 4.32. The van der Waals surface area contributed by atoms with Gasteiger partial charge in [0.15, 0.2) is 0 Å². The van der Waals surface area contributed by atoms with E-state index in [4.69, 9.17) is 4.42 Å². The van der Waals surface area contributed by atoms with E-state index in [1.54, 1.807) is 13.0 Å². The Morgan fingerprint density at radius 3 is 2.32 bits per heavy atom. The lowest BCUT2D eigenvalue weighted by molar-refractivity contribution is 0.0953. The standard InChI is InChI=1S/C21H18N2O2/c1-16-19(14-15-25-16)21(24)23-22-20(18-10-6-3-7-11-18)13-12-17-8-4-2-5-9-17/h2-15H,1H3,(H,23,24)/b13-12+,22-20-. The molecule has 1 aromatic heterocycles. The van der Waals surface area contributed by atoms with Crippen LogP contribution in [0.2, 0.25) is 0 Å². The highest BCUT2D eigenvalue weighted by Crippen LogP contribution is 2.09. The van der Waals surface area contributed by atoms with Crippen LogP contribution in [0.5, 0.6) is 0 Å². The number of amides is 1. The van der Waals surface area contributed by atoms with Crippen molar-refractivity contribution in [1.82, 2.24) is 5.43 Å². The molecule has 25 heavy (non-hydrogen) atoms. The number of rotatable bonds is 5. The largest absolute Gasteiger partial charge is 0.469 e. The molecule has 4 heteroatoms. The summed E-state index contributed by atoms with van der Waals surface area (Å²) in [6, 6.07) is 21.3. The molecule has 1 N–H and O–H groups in total. The van der Waals surface area contributed by atoms with Crippen LogP contribution < -0.4 is 5.43 Å². The fourth-order valence-electron chi connectivity index (χ4n) is 2.34. The van der Waals surface area contributed by atoms with Crippen LogP contribution in [0.1, 0.15) is 27.2 Å². The van der Waals surface area contributed by atoms with Crippen LogP contribution >= 0.6 is 0 Å². The molecule has 124 valence electrons. The van der Waals surface area contributed by atoms with E-state index in [0.717, 1.165) is 11.1 Å². The number of benzene rings is 2. The maximum absolute atomic E-state index is 12.2. The molecule has 0 aliphatic heterocycles. The first kappa shape index (κ1) is 16.5. The average Bonchev–Trinajstić information content (AvgIpc) is 3.09. The number of aryl methyl sites for hydroxylation is 1. The minimum atomic E-state index is -0.298. The van der Waals surface area contributed by atoms with Crippen molar-refractivity contribution in [3.05, 3.63) is 102 Å². The Labute approximate surface area is 146 Å². The van der Waals surface area contributed by atoms with E-state index in [1.165, 1.54) is 6.26 Å². The summed E-state index contributed by atoms with van der Waals surface area (Å²) in [7, 11) is 0. The zero-order valence-electron chi connectivity index (χ0n) is 13.8. The van der Waals surface area contributed by atoms with Crippen LogP contribution in [0.3, 0.4) is 0 Å². The predicted octanol–water partition coefficient (Wildman–Crippen LogP) is 4.44. The molecule has 0 bridgehead atoms. The Balaban J connectivity index is 1.85. The van der Waals surface area contributed by atoms with E-state index in [2.05, 4.69) is 10.5 Å². The summed E-state index contributed by atoms with van der Waals surface area (Å²) in [6.45, 7) is 1.74. The molecule has 0 spiro atoms. The van der Waals surface area contributed by atoms with Gasteiger partial charge in [-0.05, 0) is 24.6 Å². The van der Waals surface area contributed by atoms with Crippen molar-refractivity contribution >= 4 is 17.7 Å². The van der Waals surface area contributed by atoms with Crippen LogP contribution in [0.15, 0.2) is 88.6 Å². The van der Waals surface area contributed by atoms with Crippen LogP contribution in [0.25, 0.3) is 6.08 Å². The van der Waals surface area contributed by atoms with Crippen molar-refractivity contribution < 1.29 is 9.21 Å². The van der Waals surface area contributed by atoms with E-state index < -0.39 is 0 Å². The highest BCUT2D eigenvalue weighted by molar-refractivity contribution is 6.11. The van der Waals surface area contributed by atoms with Crippen molar-refractivity contribution in [3.63, 3.8) is 0 Å². The summed E-state index contributed by atoms with van der Waals surface area (Å²) in [6.07, 6.45) is 5.33. The minimum absolute atomic E-state index is 0.298. The molecule has 4 nitrogen and oxygen atoms in total. The Kier molecular flexibility index (Phi) is 5.22. The predicted molar refractivity (Wildman–Crippen MR) is 99.4 cm³/mol. The molecule has 0 aliphatic carbocycles. The van der Waals surface area contributed by atoms with Gasteiger partial charge in [0, 0.05) is 5.56 Å². The van der Waals surface area contributed by atoms with Crippen molar-refractivity contribution in [2.75, 3.05) is 0 Å². The average molecular weight is 330 g/mol. The quantitative estimate of drug-likeness (QED) is 0.555. The lowest BCUT2D eigenvalue weighted by Gasteiger charge is -2.04. The first-order valence-electron chi connectivity index (χ1n) is 7.95. The fourth-order valence-corrected chi connectivity index (χ4v) is 2.34. The molecule has 0 unspecified atom stereocenters. The second-order valence-electron chi connectivity index (χ2n) is 5.44. The summed E-state index contributed by atoms with van der Waals surface area (Å²) in [5.74, 6) is 0.265. The maximum atomic E-state index is 12.2. The van der Waals surface area contributed by atoms with Crippen molar-refractivity contribution in [1.29, 1.82) is 0 Å². The number of carbonyl (C=O) groups is 1. The number of nitrogens with zero attached hydrogens (tertiary/aromatic N) is 1. The second-order valence-corrected chi connectivity index (χ2v) is 5.44. The zero-order chi connectivity index (χ0) is 17.5. The SMILES string of the molecule is Cc1occc1C(=O)N/N=C(/C=C/c1ccccc1)c1ccccc1. The lowest BCUT2D eigenvalue weighted by atomic mass is 10.1. The van der Waals surface area contributed by atoms with Gasteiger partial charge in [-0.3, -0.25) is 4.79 Å². The van der Waals surface area contributed by atoms with Gasteiger partial charge in [0.1, 0.15) is 5.76 Å². The maximum Gasteiger partial charge on any atom is 0.274 e. The van der Waals surface area contributed by atoms with Gasteiger partial charge in [0.2, 0.25) is 0 Å². The third-order valence-corrected chi connectivity index (χ3v) is 3.68. The molecule has 0 saturated heterocycles. The summed E-state index contributed by atoms with van der Waals surface area (Å²) < 4.78 is 5.16. The van der Waals surface area contributed by atoms with Crippen molar-refractivity contribution in [2.24, 2.45) is 5.10 Å². The number of hydrazone groups is 1. The molecular weight excluding hydrogens is 312 g/mol. The Hall–Kier alpha value is -3.40. The van der Waals surface area contributed by atoms with E-state index in [-0.39, 0.29) is 5.91 Å². The molecule has 0 fully saturated rings. The van der Waals surface area contributed by atoms with Gasteiger partial charge >= 0.3 is 0 Å². The van der Waals surface area contributed by atoms with Gasteiger partial charge in [0.05, 0.1) is 17.5 Å². The topological polar surface area (TPSA) is 54.6 Å². The number of hydrogen-bond acceptors (Lipinski definition) is 3. The highest BCUT2D eigenvalue weighted by atomic mass is 16.3. The van der Waals surface area contributed by atoms with Gasteiger partial charge < -0.3 is 4.42 Å². The van der Waals surface area contributed by atoms with Crippen LogP contribution in [0.4, 0.5) is 0 Å². The smallest absolute Gasteiger partial charge is 0.274 e. The van der Waals surface area contributed by atoms with Crippen molar-refractivity contribution in [3.8, 4) is 0 Å². The Morgan fingerprint density at radius 2 is 1.68 bits per heavy atom. The van der Waals surface area contributed by atoms with Crippen LogP contribution in [0, 0.1) is 6.92 Å². The lowest BCUT2D eigenvalue weighted by Crippen LogP contribution is -2.19. The summed E-state index contributed by atoms with van der Waals surface area (Å²) in [5.41, 5.74) is 5.71. The highest BCUT2D eigenvalue weighted by Gasteiger charge is 2.10. The molecule has 1 amide bonds. The second kappa shape index (κ2) is 7.93. The summed E-state index contributed by atoms with van der Waals surface area (Å²) >= 11 is 0. The molecule has 2 aromatic carbocycles. The van der Waals surface area contributed by atoms with Crippen LogP contribution in [-0.2, 0) is 0 Å². The van der Waals surface area contributed by atoms with Gasteiger partial charge in [-0.25, -0.2) is 5.43 Å². The molecule has 1 heterocycles. The normalized spacial score (nSPS) is 11.6. The summed E-state index contributed by atoms with van der Waals surface area (Å²) in [5, 5.41) is 4.29. The van der Waals surface area contributed by atoms with Gasteiger partial charge in [-0.15, -0.1) is 0 Å². The Morgan fingerprint density at radius 1 is 1.00 bits per heavy atom. The fraction of sp³-hybridized carbons (Fsp3) is 0.0476. The van der Waals surface area contributed by atoms with Crippen molar-refractivity contribution in [2.45, 2.75) is 6.92 Å². The molecule has 3 rings (SSSR count). The number of carbonyl (C=O) groups excluding carboxylic acids is 1. The molecule has 0 atom stereocenters. The van der Waals surface area contributed by atoms with Gasteiger partial charge in [-0.1, -0.05) is 66.7 Å². The number of allylic oxidation sites excluding steroid dienone is 1. The van der Waals surface area contributed by atoms with Crippen LogP contribution in [-0.4, -0.2) is 11.6 Å². The summed E-state index contributed by atoms with van der Waals surface area (Å²) in [4.78, 5) is 12.2. The molecule has 0 saturated carbocycles. The minimum Gasteiger partial charge on any atom is -0.469 e. The molecule has 0 aliphatic rings. The molecule has 3 aromatic rings. The van der Waals surface area contributed by atoms with E-state index in [1.807, 2.05) is 72.8 Å².